The highest BCUT2D eigenvalue weighted by Crippen LogP contribution is 2.41. The minimum absolute atomic E-state index is 0.0284. The van der Waals surface area contributed by atoms with Gasteiger partial charge in [-0.25, -0.2) is 0 Å². The molecular formula is C23H25ClN2O3S. The summed E-state index contributed by atoms with van der Waals surface area (Å²) in [5.74, 6) is -0.382. The van der Waals surface area contributed by atoms with Gasteiger partial charge in [-0.2, -0.15) is 0 Å². The lowest BCUT2D eigenvalue weighted by molar-refractivity contribution is -0.122. The van der Waals surface area contributed by atoms with E-state index in [0.29, 0.717) is 23.1 Å². The third-order valence-electron chi connectivity index (χ3n) is 4.40. The summed E-state index contributed by atoms with van der Waals surface area (Å²) in [5.41, 5.74) is 1.63. The fourth-order valence-electron chi connectivity index (χ4n) is 2.95. The molecular weight excluding hydrogens is 420 g/mol. The van der Waals surface area contributed by atoms with Gasteiger partial charge in [-0.1, -0.05) is 47.6 Å². The molecule has 2 aromatic carbocycles. The van der Waals surface area contributed by atoms with Crippen molar-refractivity contribution in [2.45, 2.75) is 31.3 Å². The minimum Gasteiger partial charge on any atom is -0.379 e. The quantitative estimate of drug-likeness (QED) is 0.471. The summed E-state index contributed by atoms with van der Waals surface area (Å²) in [6.45, 7) is 5.03. The summed E-state index contributed by atoms with van der Waals surface area (Å²) >= 11 is 7.36. The molecule has 0 fully saturated rings. The number of para-hydroxylation sites is 1. The summed E-state index contributed by atoms with van der Waals surface area (Å²) in [6, 6.07) is 14.9. The van der Waals surface area contributed by atoms with Crippen LogP contribution in [0.5, 0.6) is 0 Å². The molecule has 0 atom stereocenters. The fraction of sp³-hybridized carbons (Fsp3) is 0.304. The van der Waals surface area contributed by atoms with Crippen molar-refractivity contribution in [2.24, 2.45) is 0 Å². The lowest BCUT2D eigenvalue weighted by atomic mass is 10.2. The van der Waals surface area contributed by atoms with E-state index >= 15 is 0 Å². The predicted molar refractivity (Wildman–Crippen MR) is 123 cm³/mol. The lowest BCUT2D eigenvalue weighted by Crippen LogP contribution is -2.43. The SMILES string of the molecule is CC(C)OCCCNC(=O)CN1C(=O)/C(=C/c2ccc(Cl)cc2)Sc2ccccc21. The first-order valence-corrected chi connectivity index (χ1v) is 11.1. The normalized spacial score (nSPS) is 14.9. The second-order valence-electron chi connectivity index (χ2n) is 7.14. The van der Waals surface area contributed by atoms with Crippen LogP contribution in [0.4, 0.5) is 5.69 Å². The van der Waals surface area contributed by atoms with Crippen molar-refractivity contribution < 1.29 is 14.3 Å². The van der Waals surface area contributed by atoms with Crippen molar-refractivity contribution >= 4 is 46.9 Å². The van der Waals surface area contributed by atoms with Gasteiger partial charge < -0.3 is 10.1 Å². The molecule has 1 heterocycles. The molecule has 1 N–H and O–H groups in total. The van der Waals surface area contributed by atoms with Crippen LogP contribution in [0, 0.1) is 0 Å². The first-order valence-electron chi connectivity index (χ1n) is 9.88. The maximum atomic E-state index is 13.2. The molecule has 1 aliphatic rings. The number of rotatable bonds is 8. The highest BCUT2D eigenvalue weighted by Gasteiger charge is 2.30. The van der Waals surface area contributed by atoms with Crippen molar-refractivity contribution in [2.75, 3.05) is 24.6 Å². The monoisotopic (exact) mass is 444 g/mol. The molecule has 5 nitrogen and oxygen atoms in total. The highest BCUT2D eigenvalue weighted by atomic mass is 35.5. The largest absolute Gasteiger partial charge is 0.379 e. The van der Waals surface area contributed by atoms with E-state index in [1.807, 2.05) is 56.3 Å². The third-order valence-corrected chi connectivity index (χ3v) is 5.73. The molecule has 0 saturated heterocycles. The van der Waals surface area contributed by atoms with Gasteiger partial charge in [0.1, 0.15) is 6.54 Å². The summed E-state index contributed by atoms with van der Waals surface area (Å²) in [6.07, 6.45) is 2.73. The van der Waals surface area contributed by atoms with E-state index < -0.39 is 0 Å². The van der Waals surface area contributed by atoms with E-state index in [1.165, 1.54) is 16.7 Å². The first-order chi connectivity index (χ1) is 14.4. The second-order valence-corrected chi connectivity index (χ2v) is 8.66. The molecule has 158 valence electrons. The number of anilines is 1. The van der Waals surface area contributed by atoms with Crippen molar-refractivity contribution in [3.63, 3.8) is 0 Å². The van der Waals surface area contributed by atoms with Crippen LogP contribution in [0.2, 0.25) is 5.02 Å². The van der Waals surface area contributed by atoms with Crippen LogP contribution in [0.3, 0.4) is 0 Å². The van der Waals surface area contributed by atoms with Crippen LogP contribution >= 0.6 is 23.4 Å². The summed E-state index contributed by atoms with van der Waals surface area (Å²) in [7, 11) is 0. The molecule has 0 aromatic heterocycles. The fourth-order valence-corrected chi connectivity index (χ4v) is 4.13. The van der Waals surface area contributed by atoms with E-state index in [0.717, 1.165) is 22.6 Å². The molecule has 7 heteroatoms. The average Bonchev–Trinajstić information content (AvgIpc) is 2.72. The van der Waals surface area contributed by atoms with E-state index in [2.05, 4.69) is 5.32 Å². The maximum absolute atomic E-state index is 13.2. The number of nitrogens with zero attached hydrogens (tertiary/aromatic N) is 1. The van der Waals surface area contributed by atoms with Crippen LogP contribution in [-0.4, -0.2) is 37.6 Å². The van der Waals surface area contributed by atoms with Crippen LogP contribution in [-0.2, 0) is 14.3 Å². The van der Waals surface area contributed by atoms with Crippen LogP contribution in [0.15, 0.2) is 58.3 Å². The number of benzene rings is 2. The topological polar surface area (TPSA) is 58.6 Å². The van der Waals surface area contributed by atoms with E-state index in [9.17, 15) is 9.59 Å². The molecule has 1 aliphatic heterocycles. The van der Waals surface area contributed by atoms with Crippen LogP contribution < -0.4 is 10.2 Å². The number of hydrogen-bond donors (Lipinski definition) is 1. The Morgan fingerprint density at radius 2 is 1.93 bits per heavy atom. The Labute approximate surface area is 186 Å². The van der Waals surface area contributed by atoms with E-state index in [-0.39, 0.29) is 24.5 Å². The molecule has 0 aliphatic carbocycles. The van der Waals surface area contributed by atoms with Crippen molar-refractivity contribution in [1.29, 1.82) is 0 Å². The number of carbonyl (C=O) groups excluding carboxylic acids is 2. The van der Waals surface area contributed by atoms with Gasteiger partial charge in [-0.15, -0.1) is 0 Å². The Bertz CT molecular complexity index is 928. The van der Waals surface area contributed by atoms with Gasteiger partial charge in [-0.05, 0) is 56.2 Å². The first kappa shape index (κ1) is 22.4. The number of carbonyl (C=O) groups is 2. The van der Waals surface area contributed by atoms with Crippen LogP contribution in [0.25, 0.3) is 6.08 Å². The summed E-state index contributed by atoms with van der Waals surface area (Å²) in [4.78, 5) is 28.7. The Morgan fingerprint density at radius 3 is 2.67 bits per heavy atom. The molecule has 0 unspecified atom stereocenters. The molecule has 2 aromatic rings. The number of nitrogens with one attached hydrogen (secondary N) is 1. The Morgan fingerprint density at radius 1 is 1.20 bits per heavy atom. The van der Waals surface area contributed by atoms with Crippen LogP contribution in [0.1, 0.15) is 25.8 Å². The number of fused-ring (bicyclic) bond motifs is 1. The number of hydrogen-bond acceptors (Lipinski definition) is 4. The summed E-state index contributed by atoms with van der Waals surface area (Å²) < 4.78 is 5.48. The Kier molecular flexibility index (Phi) is 7.96. The zero-order valence-corrected chi connectivity index (χ0v) is 18.6. The predicted octanol–water partition coefficient (Wildman–Crippen LogP) is 4.75. The average molecular weight is 445 g/mol. The second kappa shape index (κ2) is 10.7. The molecule has 0 saturated carbocycles. The van der Waals surface area contributed by atoms with Crippen molar-refractivity contribution in [3.8, 4) is 0 Å². The third kappa shape index (κ3) is 6.11. The molecule has 0 radical (unpaired) electrons. The summed E-state index contributed by atoms with van der Waals surface area (Å²) in [5, 5.41) is 3.51. The standard InChI is InChI=1S/C23H25ClN2O3S/c1-16(2)29-13-5-12-25-22(27)15-26-19-6-3-4-7-20(19)30-21(23(26)28)14-17-8-10-18(24)11-9-17/h3-4,6-11,14,16H,5,12-13,15H2,1-2H3,(H,25,27)/b21-14-. The zero-order valence-electron chi connectivity index (χ0n) is 17.1. The van der Waals surface area contributed by atoms with Gasteiger partial charge >= 0.3 is 0 Å². The van der Waals surface area contributed by atoms with E-state index in [1.54, 1.807) is 12.1 Å². The van der Waals surface area contributed by atoms with Gasteiger partial charge in [0.05, 0.1) is 16.7 Å². The van der Waals surface area contributed by atoms with Gasteiger partial charge in [0.2, 0.25) is 5.91 Å². The number of halogens is 1. The molecule has 0 bridgehead atoms. The highest BCUT2D eigenvalue weighted by molar-refractivity contribution is 8.04. The molecule has 30 heavy (non-hydrogen) atoms. The van der Waals surface area contributed by atoms with Gasteiger partial charge in [0.25, 0.3) is 5.91 Å². The van der Waals surface area contributed by atoms with Gasteiger partial charge in [-0.3, -0.25) is 14.5 Å². The van der Waals surface area contributed by atoms with Gasteiger partial charge in [0, 0.05) is 23.1 Å². The minimum atomic E-state index is -0.194. The Hall–Kier alpha value is -2.28. The Balaban J connectivity index is 1.71. The van der Waals surface area contributed by atoms with E-state index in [4.69, 9.17) is 16.3 Å². The maximum Gasteiger partial charge on any atom is 0.265 e. The lowest BCUT2D eigenvalue weighted by Gasteiger charge is -2.29. The number of thioether (sulfide) groups is 1. The number of ether oxygens (including phenoxy) is 1. The molecule has 0 spiro atoms. The zero-order chi connectivity index (χ0) is 21.5. The van der Waals surface area contributed by atoms with Gasteiger partial charge in [0.15, 0.2) is 0 Å². The molecule has 3 rings (SSSR count). The van der Waals surface area contributed by atoms with Crippen molar-refractivity contribution in [1.82, 2.24) is 5.32 Å². The molecule has 2 amide bonds. The number of amides is 2. The smallest absolute Gasteiger partial charge is 0.265 e. The van der Waals surface area contributed by atoms with Crippen molar-refractivity contribution in [3.05, 3.63) is 64.0 Å².